The van der Waals surface area contributed by atoms with E-state index in [4.69, 9.17) is 14.6 Å². The number of hydrogen-bond acceptors (Lipinski definition) is 6. The van der Waals surface area contributed by atoms with Crippen molar-refractivity contribution in [1.29, 1.82) is 0 Å². The number of oxime groups is 1. The van der Waals surface area contributed by atoms with E-state index in [9.17, 15) is 9.67 Å². The van der Waals surface area contributed by atoms with Crippen LogP contribution in [-0.4, -0.2) is 26.1 Å². The van der Waals surface area contributed by atoms with E-state index in [2.05, 4.69) is 14.7 Å². The number of aryl methyl sites for hydroxylation is 1. The Hall–Kier alpha value is -2.25. The van der Waals surface area contributed by atoms with E-state index in [-0.39, 0.29) is 23.5 Å². The van der Waals surface area contributed by atoms with Gasteiger partial charge in [0.15, 0.2) is 0 Å². The molecule has 0 radical (unpaired) electrons. The Morgan fingerprint density at radius 1 is 1.25 bits per heavy atom. The van der Waals surface area contributed by atoms with Crippen LogP contribution in [0, 0.1) is 6.92 Å². The lowest BCUT2D eigenvalue weighted by Gasteiger charge is -2.10. The molecular formula is C15H17N2O6P. The van der Waals surface area contributed by atoms with Crippen LogP contribution in [0.3, 0.4) is 0 Å². The van der Waals surface area contributed by atoms with E-state index in [1.54, 1.807) is 6.92 Å². The largest absolute Gasteiger partial charge is 0.505 e. The Labute approximate surface area is 138 Å². The zero-order valence-electron chi connectivity index (χ0n) is 12.9. The molecule has 0 saturated carbocycles. The number of hydrogen-bond donors (Lipinski definition) is 3. The molecule has 2 rings (SSSR count). The van der Waals surface area contributed by atoms with Gasteiger partial charge in [-0.25, -0.2) is 4.57 Å². The van der Waals surface area contributed by atoms with Crippen molar-refractivity contribution in [3.05, 3.63) is 58.9 Å². The quantitative estimate of drug-likeness (QED) is 0.397. The summed E-state index contributed by atoms with van der Waals surface area (Å²) in [6.45, 7) is 1.41. The normalized spacial score (nSPS) is 11.8. The van der Waals surface area contributed by atoms with Gasteiger partial charge in [-0.2, -0.15) is 0 Å². The standard InChI is InChI=1S/C15H17N2O6P/c1-11-15(18)14(13(7-16-11)10-23-24(19,20)21)8-17-22-9-12-5-3-2-4-6-12/h2-8,18H,9-10H2,1H3,(H2,19,20,21)/b17-8+. The molecule has 0 unspecified atom stereocenters. The monoisotopic (exact) mass is 352 g/mol. The van der Waals surface area contributed by atoms with Gasteiger partial charge in [0, 0.05) is 17.3 Å². The van der Waals surface area contributed by atoms with Gasteiger partial charge in [0.25, 0.3) is 0 Å². The first-order valence-corrected chi connectivity index (χ1v) is 8.46. The number of benzene rings is 1. The van der Waals surface area contributed by atoms with Gasteiger partial charge in [-0.05, 0) is 12.5 Å². The summed E-state index contributed by atoms with van der Waals surface area (Å²) in [5, 5.41) is 13.8. The molecule has 0 saturated heterocycles. The van der Waals surface area contributed by atoms with Crippen LogP contribution in [-0.2, 0) is 27.1 Å². The fraction of sp³-hybridized carbons (Fsp3) is 0.200. The van der Waals surface area contributed by atoms with Crippen LogP contribution in [0.2, 0.25) is 0 Å². The van der Waals surface area contributed by atoms with Gasteiger partial charge in [0.2, 0.25) is 0 Å². The molecule has 0 bridgehead atoms. The van der Waals surface area contributed by atoms with Crippen LogP contribution in [0.25, 0.3) is 0 Å². The third-order valence-corrected chi connectivity index (χ3v) is 3.54. The van der Waals surface area contributed by atoms with Gasteiger partial charge in [-0.15, -0.1) is 0 Å². The summed E-state index contributed by atoms with van der Waals surface area (Å²) in [7, 11) is -4.63. The SMILES string of the molecule is Cc1ncc(COP(=O)(O)O)c(/C=N/OCc2ccccc2)c1O. The lowest BCUT2D eigenvalue weighted by Crippen LogP contribution is -2.01. The minimum Gasteiger partial charge on any atom is -0.505 e. The Morgan fingerprint density at radius 2 is 1.96 bits per heavy atom. The Balaban J connectivity index is 2.10. The average Bonchev–Trinajstić information content (AvgIpc) is 2.54. The van der Waals surface area contributed by atoms with Crippen molar-refractivity contribution in [2.75, 3.05) is 0 Å². The molecule has 8 nitrogen and oxygen atoms in total. The lowest BCUT2D eigenvalue weighted by molar-refractivity contribution is 0.132. The maximum Gasteiger partial charge on any atom is 0.469 e. The summed E-state index contributed by atoms with van der Waals surface area (Å²) >= 11 is 0. The molecule has 2 aromatic rings. The first-order chi connectivity index (χ1) is 11.4. The molecule has 0 aliphatic heterocycles. The highest BCUT2D eigenvalue weighted by Crippen LogP contribution is 2.37. The second kappa shape index (κ2) is 8.03. The molecule has 3 N–H and O–H groups in total. The van der Waals surface area contributed by atoms with Crippen molar-refractivity contribution in [3.63, 3.8) is 0 Å². The summed E-state index contributed by atoms with van der Waals surface area (Å²) in [5.74, 6) is -0.158. The molecule has 1 aromatic heterocycles. The Kier molecular flexibility index (Phi) is 6.05. The van der Waals surface area contributed by atoms with Gasteiger partial charge in [-0.3, -0.25) is 9.51 Å². The fourth-order valence-electron chi connectivity index (χ4n) is 1.84. The molecule has 1 heterocycles. The molecule has 0 fully saturated rings. The molecule has 24 heavy (non-hydrogen) atoms. The summed E-state index contributed by atoms with van der Waals surface area (Å²) < 4.78 is 15.3. The number of nitrogens with zero attached hydrogens (tertiary/aromatic N) is 2. The summed E-state index contributed by atoms with van der Waals surface area (Å²) in [5.41, 5.74) is 1.77. The number of phosphoric ester groups is 1. The number of phosphoric acid groups is 1. The first kappa shape index (κ1) is 18.1. The third kappa shape index (κ3) is 5.43. The topological polar surface area (TPSA) is 121 Å². The predicted molar refractivity (Wildman–Crippen MR) is 86.3 cm³/mol. The van der Waals surface area contributed by atoms with Gasteiger partial charge < -0.3 is 19.7 Å². The predicted octanol–water partition coefficient (Wildman–Crippen LogP) is 2.26. The van der Waals surface area contributed by atoms with Gasteiger partial charge >= 0.3 is 7.82 Å². The molecule has 0 amide bonds. The average molecular weight is 352 g/mol. The summed E-state index contributed by atoms with van der Waals surface area (Å²) in [4.78, 5) is 26.7. The van der Waals surface area contributed by atoms with Gasteiger partial charge in [-0.1, -0.05) is 35.5 Å². The lowest BCUT2D eigenvalue weighted by atomic mass is 10.1. The van der Waals surface area contributed by atoms with Crippen LogP contribution in [0.4, 0.5) is 0 Å². The van der Waals surface area contributed by atoms with Crippen molar-refractivity contribution < 1.29 is 28.8 Å². The van der Waals surface area contributed by atoms with Crippen molar-refractivity contribution in [3.8, 4) is 5.75 Å². The smallest absolute Gasteiger partial charge is 0.469 e. The van der Waals surface area contributed by atoms with Gasteiger partial charge in [0.1, 0.15) is 12.4 Å². The van der Waals surface area contributed by atoms with E-state index in [1.807, 2.05) is 30.3 Å². The van der Waals surface area contributed by atoms with Crippen molar-refractivity contribution in [1.82, 2.24) is 4.98 Å². The summed E-state index contributed by atoms with van der Waals surface area (Å²) in [6.07, 6.45) is 2.61. The maximum absolute atomic E-state index is 10.8. The van der Waals surface area contributed by atoms with Crippen LogP contribution >= 0.6 is 7.82 Å². The maximum atomic E-state index is 10.8. The number of pyridine rings is 1. The van der Waals surface area contributed by atoms with E-state index in [0.29, 0.717) is 5.69 Å². The zero-order valence-corrected chi connectivity index (χ0v) is 13.8. The van der Waals surface area contributed by atoms with Crippen LogP contribution in [0.5, 0.6) is 5.75 Å². The van der Waals surface area contributed by atoms with E-state index in [1.165, 1.54) is 12.4 Å². The van der Waals surface area contributed by atoms with E-state index in [0.717, 1.165) is 5.56 Å². The van der Waals surface area contributed by atoms with E-state index < -0.39 is 14.4 Å². The fourth-order valence-corrected chi connectivity index (χ4v) is 2.15. The second-order valence-corrected chi connectivity index (χ2v) is 6.13. The molecule has 0 aliphatic rings. The van der Waals surface area contributed by atoms with Crippen LogP contribution < -0.4 is 0 Å². The minimum atomic E-state index is -4.63. The minimum absolute atomic E-state index is 0.158. The van der Waals surface area contributed by atoms with Crippen molar-refractivity contribution in [2.45, 2.75) is 20.1 Å². The third-order valence-electron chi connectivity index (χ3n) is 3.08. The number of aromatic hydroxyl groups is 1. The molecule has 1 aromatic carbocycles. The van der Waals surface area contributed by atoms with Gasteiger partial charge in [0.05, 0.1) is 18.5 Å². The van der Waals surface area contributed by atoms with Crippen molar-refractivity contribution in [2.24, 2.45) is 5.16 Å². The highest BCUT2D eigenvalue weighted by atomic mass is 31.2. The molecule has 0 aliphatic carbocycles. The second-order valence-electron chi connectivity index (χ2n) is 4.89. The van der Waals surface area contributed by atoms with Crippen LogP contribution in [0.1, 0.15) is 22.4 Å². The highest BCUT2D eigenvalue weighted by Gasteiger charge is 2.17. The molecular weight excluding hydrogens is 335 g/mol. The molecule has 0 spiro atoms. The molecule has 128 valence electrons. The zero-order chi connectivity index (χ0) is 17.6. The number of rotatable bonds is 7. The summed E-state index contributed by atoms with van der Waals surface area (Å²) in [6, 6.07) is 9.39. The molecule has 0 atom stereocenters. The Morgan fingerprint density at radius 3 is 2.62 bits per heavy atom. The van der Waals surface area contributed by atoms with E-state index >= 15 is 0 Å². The van der Waals surface area contributed by atoms with Crippen molar-refractivity contribution >= 4 is 14.0 Å². The highest BCUT2D eigenvalue weighted by molar-refractivity contribution is 7.46. The first-order valence-electron chi connectivity index (χ1n) is 6.93. The van der Waals surface area contributed by atoms with Crippen LogP contribution in [0.15, 0.2) is 41.7 Å². The number of aromatic nitrogens is 1. The Bertz CT molecular complexity index is 760. The molecule has 9 heteroatoms.